The Labute approximate surface area is 356 Å². The molecule has 5 aromatic rings. The first-order valence-electron chi connectivity index (χ1n) is 18.8. The van der Waals surface area contributed by atoms with Gasteiger partial charge in [0, 0.05) is 76.1 Å². The summed E-state index contributed by atoms with van der Waals surface area (Å²) in [5, 5.41) is 0.110. The number of fused-ring (bicyclic) bond motifs is 2. The van der Waals surface area contributed by atoms with Crippen molar-refractivity contribution in [3.8, 4) is 5.95 Å². The smallest absolute Gasteiger partial charge is 0.239 e. The highest BCUT2D eigenvalue weighted by molar-refractivity contribution is 7.92. The highest BCUT2D eigenvalue weighted by atomic mass is 35.5. The van der Waals surface area contributed by atoms with Crippen molar-refractivity contribution in [2.75, 3.05) is 81.0 Å². The fourth-order valence-electron chi connectivity index (χ4n) is 6.54. The number of morpholine rings is 2. The molecule has 0 bridgehead atoms. The molecule has 0 spiro atoms. The topological polar surface area (TPSA) is 166 Å². The van der Waals surface area contributed by atoms with E-state index in [0.717, 1.165) is 17.8 Å². The minimum absolute atomic E-state index is 0. The zero-order valence-electron chi connectivity index (χ0n) is 33.8. The third-order valence-electron chi connectivity index (χ3n) is 9.08. The van der Waals surface area contributed by atoms with E-state index in [2.05, 4.69) is 50.4 Å². The first-order chi connectivity index (χ1) is 28.1. The van der Waals surface area contributed by atoms with E-state index < -0.39 is 32.8 Å². The lowest BCUT2D eigenvalue weighted by atomic mass is 10.1. The van der Waals surface area contributed by atoms with Gasteiger partial charge in [0.25, 0.3) is 0 Å². The van der Waals surface area contributed by atoms with Gasteiger partial charge in [0.1, 0.15) is 30.8 Å². The normalized spacial score (nSPS) is 17.6. The van der Waals surface area contributed by atoms with Gasteiger partial charge < -0.3 is 19.3 Å². The average molecular weight is 889 g/mol. The summed E-state index contributed by atoms with van der Waals surface area (Å²) in [5.74, 6) is 2.43. The average Bonchev–Trinajstić information content (AvgIpc) is 3.79. The van der Waals surface area contributed by atoms with Gasteiger partial charge in [-0.3, -0.25) is 9.56 Å². The van der Waals surface area contributed by atoms with Crippen LogP contribution in [0.15, 0.2) is 74.4 Å². The van der Waals surface area contributed by atoms with Gasteiger partial charge in [-0.25, -0.2) is 27.2 Å². The molecule has 0 radical (unpaired) electrons. The summed E-state index contributed by atoms with van der Waals surface area (Å²) in [6.07, 6.45) is 6.89. The van der Waals surface area contributed by atoms with E-state index in [-0.39, 0.29) is 36.6 Å². The molecule has 60 heavy (non-hydrogen) atoms. The van der Waals surface area contributed by atoms with Crippen molar-refractivity contribution in [1.29, 1.82) is 0 Å². The van der Waals surface area contributed by atoms with Gasteiger partial charge in [-0.1, -0.05) is 37.8 Å². The van der Waals surface area contributed by atoms with Crippen molar-refractivity contribution in [3.63, 3.8) is 0 Å². The maximum Gasteiger partial charge on any atom is 0.239 e. The van der Waals surface area contributed by atoms with Crippen LogP contribution in [0.2, 0.25) is 5.28 Å². The summed E-state index contributed by atoms with van der Waals surface area (Å²) in [4.78, 5) is 30.0. The molecule has 8 rings (SSSR count). The Hall–Kier alpha value is -4.69. The third-order valence-corrected chi connectivity index (χ3v) is 10.5. The predicted octanol–water partition coefficient (Wildman–Crippen LogP) is 7.50. The molecule has 20 heteroatoms. The Morgan fingerprint density at radius 1 is 0.767 bits per heavy atom. The van der Waals surface area contributed by atoms with Crippen LogP contribution in [-0.2, 0) is 42.0 Å². The molecule has 0 unspecified atom stereocenters. The minimum atomic E-state index is -2.44. The number of hydrogen-bond acceptors (Lipinski definition) is 14. The predicted molar refractivity (Wildman–Crippen MR) is 238 cm³/mol. The standard InChI is InChI=1S/C19H23FN6O2S.C11H17ClN4O2S.C9H8FN.CH4/c1-13-12-28-9-8-25(13)17-10-16(24-29(2,3)27)22-19(23-17)26-15-7-5-4-6-14(15)21-18(26)11-20;1-8-7-18-5-4-16(8)10-6-9(13-11(12)14-10)15-19(2,3)17;10-6-8-5-7-3-1-2-4-9(7)11-8;/h4-7,10,13H,8-9,11-12H2,1-3H3;6,8H,4-5,7H2,1-3H3;1-4H,5-6H2;1H4/t13-;8-;;/m11../s1. The number of para-hydroxylation sites is 3. The number of nitrogens with zero attached hydrogens (tertiary/aromatic N) is 11. The molecule has 2 aromatic carbocycles. The molecule has 15 nitrogen and oxygen atoms in total. The summed E-state index contributed by atoms with van der Waals surface area (Å²) in [6, 6.07) is 18.9. The van der Waals surface area contributed by atoms with E-state index >= 15 is 0 Å². The van der Waals surface area contributed by atoms with E-state index in [0.29, 0.717) is 79.4 Å². The van der Waals surface area contributed by atoms with Crippen LogP contribution < -0.4 is 9.80 Å². The van der Waals surface area contributed by atoms with Crippen LogP contribution in [0.4, 0.5) is 37.7 Å². The van der Waals surface area contributed by atoms with E-state index in [1.165, 1.54) is 0 Å². The van der Waals surface area contributed by atoms with Crippen LogP contribution in [0.1, 0.15) is 32.7 Å². The summed E-state index contributed by atoms with van der Waals surface area (Å²) in [7, 11) is -4.71. The number of aromatic nitrogens is 6. The number of anilines is 2. The van der Waals surface area contributed by atoms with Gasteiger partial charge >= 0.3 is 0 Å². The second-order valence-electron chi connectivity index (χ2n) is 14.6. The molecule has 2 saturated heterocycles. The molecule has 3 aliphatic rings. The van der Waals surface area contributed by atoms with Crippen LogP contribution in [0, 0.1) is 0 Å². The molecule has 6 heterocycles. The van der Waals surface area contributed by atoms with Crippen molar-refractivity contribution >= 4 is 76.8 Å². The summed E-state index contributed by atoms with van der Waals surface area (Å²) in [6.45, 7) is 6.76. The third kappa shape index (κ3) is 12.2. The van der Waals surface area contributed by atoms with Gasteiger partial charge in [-0.15, -0.1) is 0 Å². The number of rotatable bonds is 7. The van der Waals surface area contributed by atoms with Crippen molar-refractivity contribution in [1.82, 2.24) is 29.5 Å². The minimum Gasteiger partial charge on any atom is -0.377 e. The molecule has 0 aliphatic carbocycles. The summed E-state index contributed by atoms with van der Waals surface area (Å²) in [5.41, 5.74) is 4.07. The molecular weight excluding hydrogens is 836 g/mol. The van der Waals surface area contributed by atoms with Crippen molar-refractivity contribution in [2.24, 2.45) is 13.7 Å². The van der Waals surface area contributed by atoms with Gasteiger partial charge in [0.05, 0.1) is 60.9 Å². The largest absolute Gasteiger partial charge is 0.377 e. The number of halogens is 3. The van der Waals surface area contributed by atoms with Crippen molar-refractivity contribution < 1.29 is 26.7 Å². The number of hydrogen-bond donors (Lipinski definition) is 0. The maximum atomic E-state index is 13.8. The fraction of sp³-hybridized carbons (Fsp3) is 0.450. The van der Waals surface area contributed by atoms with E-state index in [1.54, 1.807) is 41.7 Å². The number of benzene rings is 2. The number of ether oxygens (including phenoxy) is 2. The quantitative estimate of drug-likeness (QED) is 0.149. The summed E-state index contributed by atoms with van der Waals surface area (Å²) < 4.78 is 70.8. The van der Waals surface area contributed by atoms with E-state index in [9.17, 15) is 17.2 Å². The molecule has 0 N–H and O–H groups in total. The first kappa shape index (κ1) is 46.4. The molecule has 2 fully saturated rings. The Morgan fingerprint density at radius 3 is 1.90 bits per heavy atom. The summed E-state index contributed by atoms with van der Waals surface area (Å²) >= 11 is 5.91. The van der Waals surface area contributed by atoms with Crippen LogP contribution in [0.25, 0.3) is 17.0 Å². The lowest BCUT2D eigenvalue weighted by molar-refractivity contribution is 0.0985. The van der Waals surface area contributed by atoms with Gasteiger partial charge in [-0.05, 0) is 49.2 Å². The van der Waals surface area contributed by atoms with Gasteiger partial charge in [0.2, 0.25) is 11.2 Å². The zero-order valence-corrected chi connectivity index (χ0v) is 36.2. The molecule has 0 saturated carbocycles. The van der Waals surface area contributed by atoms with Crippen LogP contribution in [0.5, 0.6) is 0 Å². The number of aliphatic imine (C=N–C) groups is 1. The first-order valence-corrected chi connectivity index (χ1v) is 23.8. The van der Waals surface area contributed by atoms with E-state index in [4.69, 9.17) is 26.1 Å². The maximum absolute atomic E-state index is 13.8. The molecule has 3 aliphatic heterocycles. The number of imidazole rings is 1. The second-order valence-corrected chi connectivity index (χ2v) is 20.0. The highest BCUT2D eigenvalue weighted by Crippen LogP contribution is 2.28. The van der Waals surface area contributed by atoms with Crippen LogP contribution in [-0.4, -0.2) is 127 Å². The lowest BCUT2D eigenvalue weighted by Crippen LogP contribution is -2.44. The number of alkyl halides is 2. The Bertz CT molecular complexity index is 2560. The lowest BCUT2D eigenvalue weighted by Gasteiger charge is -2.34. The highest BCUT2D eigenvalue weighted by Gasteiger charge is 2.24. The van der Waals surface area contributed by atoms with Gasteiger partial charge in [0.15, 0.2) is 11.6 Å². The molecule has 3 aromatic heterocycles. The second kappa shape index (κ2) is 20.2. The van der Waals surface area contributed by atoms with E-state index in [1.807, 2.05) is 55.5 Å². The molecular formula is C40H52ClF2N11O4S2. The fourth-order valence-corrected chi connectivity index (χ4v) is 7.80. The molecule has 0 amide bonds. The van der Waals surface area contributed by atoms with Crippen molar-refractivity contribution in [3.05, 3.63) is 77.3 Å². The Morgan fingerprint density at radius 2 is 1.33 bits per heavy atom. The van der Waals surface area contributed by atoms with Crippen LogP contribution in [0.3, 0.4) is 0 Å². The molecule has 324 valence electrons. The van der Waals surface area contributed by atoms with Gasteiger partial charge in [-0.2, -0.15) is 23.7 Å². The SMILES string of the molecule is C.C[C@@H]1COCCN1c1cc(N=S(C)(C)=O)nc(-n2c(CF)nc3ccccc32)n1.C[C@@H]1COCCN1c1cc(N=S(C)(C)=O)nc(Cl)n1.FCC1=Nc2ccccc2C1. The monoisotopic (exact) mass is 887 g/mol. The Balaban J connectivity index is 0.000000188. The Kier molecular flexibility index (Phi) is 15.7. The zero-order chi connectivity index (χ0) is 42.3. The van der Waals surface area contributed by atoms with Crippen LogP contribution >= 0.6 is 11.6 Å². The molecule has 2 atom stereocenters. The van der Waals surface area contributed by atoms with Crippen molar-refractivity contribution in [2.45, 2.75) is 46.5 Å².